The maximum absolute atomic E-state index is 14.0. The number of amides is 1. The van der Waals surface area contributed by atoms with Crippen LogP contribution in [0.1, 0.15) is 26.3 Å². The Morgan fingerprint density at radius 3 is 2.84 bits per heavy atom. The van der Waals surface area contributed by atoms with Crippen LogP contribution in [0.3, 0.4) is 0 Å². The lowest BCUT2D eigenvalue weighted by atomic mass is 10.1. The van der Waals surface area contributed by atoms with Crippen molar-refractivity contribution in [3.63, 3.8) is 0 Å². The van der Waals surface area contributed by atoms with E-state index in [4.69, 9.17) is 21.1 Å². The summed E-state index contributed by atoms with van der Waals surface area (Å²) in [4.78, 5) is 16.2. The third-order valence-corrected chi connectivity index (χ3v) is 5.61. The average molecular weight is 436 g/mol. The summed E-state index contributed by atoms with van der Waals surface area (Å²) in [6.07, 6.45) is -0.319. The fraction of sp³-hybridized carbons (Fsp3) is 0.588. The molecule has 0 radical (unpaired) electrons. The number of nitrogens with zero attached hydrogens (tertiary/aromatic N) is 2. The molecule has 2 heterocycles. The van der Waals surface area contributed by atoms with Crippen LogP contribution in [0.25, 0.3) is 0 Å². The van der Waals surface area contributed by atoms with E-state index in [2.05, 4.69) is 20.8 Å². The zero-order chi connectivity index (χ0) is 18.4. The lowest BCUT2D eigenvalue weighted by molar-refractivity contribution is -0.00154. The number of carbonyl (C=O) groups excluding carboxylic acids is 1. The molecule has 1 atom stereocenters. The number of hydrogen-bond donors (Lipinski definition) is 0. The van der Waals surface area contributed by atoms with Crippen molar-refractivity contribution in [3.05, 3.63) is 26.9 Å². The highest BCUT2D eigenvalue weighted by Crippen LogP contribution is 2.40. The molecule has 0 aromatic heterocycles. The van der Waals surface area contributed by atoms with Crippen molar-refractivity contribution in [1.82, 2.24) is 9.80 Å². The van der Waals surface area contributed by atoms with Crippen LogP contribution in [0.2, 0.25) is 5.02 Å². The third kappa shape index (κ3) is 4.04. The molecule has 1 aromatic carbocycles. The van der Waals surface area contributed by atoms with E-state index in [1.165, 1.54) is 6.07 Å². The molecule has 1 fully saturated rings. The molecule has 138 valence electrons. The Bertz CT molecular complexity index is 695. The van der Waals surface area contributed by atoms with Crippen LogP contribution in [0.5, 0.6) is 5.75 Å². The number of benzene rings is 1. The smallest absolute Gasteiger partial charge is 0.410 e. The summed E-state index contributed by atoms with van der Waals surface area (Å²) in [6, 6.07) is 1.46. The molecule has 1 amide bonds. The van der Waals surface area contributed by atoms with Gasteiger partial charge in [0.15, 0.2) is 0 Å². The van der Waals surface area contributed by atoms with E-state index in [0.29, 0.717) is 38.5 Å². The SMILES string of the molecule is CC(C)(C)OC(=O)N1CCN2Cc3cc(F)c(Br)c(Cl)c3OC[C@H]2C1. The van der Waals surface area contributed by atoms with Crippen molar-refractivity contribution < 1.29 is 18.7 Å². The van der Waals surface area contributed by atoms with Crippen LogP contribution in [-0.2, 0) is 11.3 Å². The molecular formula is C17H21BrClFN2O3. The quantitative estimate of drug-likeness (QED) is 0.577. The minimum absolute atomic E-state index is 0.00608. The second kappa shape index (κ2) is 6.93. The van der Waals surface area contributed by atoms with Gasteiger partial charge in [-0.2, -0.15) is 0 Å². The van der Waals surface area contributed by atoms with Crippen molar-refractivity contribution in [3.8, 4) is 5.75 Å². The number of rotatable bonds is 0. The predicted molar refractivity (Wildman–Crippen MR) is 96.6 cm³/mol. The molecule has 2 aliphatic rings. The second-order valence-corrected chi connectivity index (χ2v) is 8.51. The monoisotopic (exact) mass is 434 g/mol. The number of halogens is 3. The average Bonchev–Trinajstić information content (AvgIpc) is 2.69. The molecule has 1 aromatic rings. The first-order valence-corrected chi connectivity index (χ1v) is 9.34. The lowest BCUT2D eigenvalue weighted by Crippen LogP contribution is -2.56. The van der Waals surface area contributed by atoms with Crippen molar-refractivity contribution >= 4 is 33.6 Å². The summed E-state index contributed by atoms with van der Waals surface area (Å²) in [5.41, 5.74) is 0.195. The summed E-state index contributed by atoms with van der Waals surface area (Å²) in [5.74, 6) is 0.103. The summed E-state index contributed by atoms with van der Waals surface area (Å²) in [5, 5.41) is 0.249. The van der Waals surface area contributed by atoms with Crippen molar-refractivity contribution in [1.29, 1.82) is 0 Å². The molecule has 0 N–H and O–H groups in total. The second-order valence-electron chi connectivity index (χ2n) is 7.34. The van der Waals surface area contributed by atoms with E-state index in [9.17, 15) is 9.18 Å². The normalized spacial score (nSPS) is 21.0. The van der Waals surface area contributed by atoms with Crippen LogP contribution in [0, 0.1) is 5.82 Å². The van der Waals surface area contributed by atoms with Gasteiger partial charge in [-0.25, -0.2) is 9.18 Å². The Hall–Kier alpha value is -1.05. The van der Waals surface area contributed by atoms with E-state index < -0.39 is 11.4 Å². The van der Waals surface area contributed by atoms with Crippen molar-refractivity contribution in [2.45, 2.75) is 39.0 Å². The lowest BCUT2D eigenvalue weighted by Gasteiger charge is -2.40. The minimum Gasteiger partial charge on any atom is -0.490 e. The van der Waals surface area contributed by atoms with Crippen LogP contribution in [-0.4, -0.2) is 53.8 Å². The fourth-order valence-corrected chi connectivity index (χ4v) is 3.61. The molecule has 0 unspecified atom stereocenters. The Kier molecular flexibility index (Phi) is 5.19. The zero-order valence-electron chi connectivity index (χ0n) is 14.4. The largest absolute Gasteiger partial charge is 0.490 e. The Morgan fingerprint density at radius 2 is 2.16 bits per heavy atom. The summed E-state index contributed by atoms with van der Waals surface area (Å²) in [7, 11) is 0. The summed E-state index contributed by atoms with van der Waals surface area (Å²) in [6.45, 7) is 8.19. The van der Waals surface area contributed by atoms with E-state index in [0.717, 1.165) is 5.56 Å². The van der Waals surface area contributed by atoms with E-state index in [1.807, 2.05) is 20.8 Å². The van der Waals surface area contributed by atoms with Crippen molar-refractivity contribution in [2.24, 2.45) is 0 Å². The van der Waals surface area contributed by atoms with Gasteiger partial charge >= 0.3 is 6.09 Å². The Labute approximate surface area is 160 Å². The first-order valence-electron chi connectivity index (χ1n) is 8.17. The van der Waals surface area contributed by atoms with Crippen LogP contribution >= 0.6 is 27.5 Å². The molecule has 8 heteroatoms. The van der Waals surface area contributed by atoms with Crippen LogP contribution in [0.4, 0.5) is 9.18 Å². The molecule has 0 bridgehead atoms. The highest BCUT2D eigenvalue weighted by Gasteiger charge is 2.35. The number of ether oxygens (including phenoxy) is 2. The van der Waals surface area contributed by atoms with E-state index >= 15 is 0 Å². The van der Waals surface area contributed by atoms with Gasteiger partial charge in [0.1, 0.15) is 28.8 Å². The molecule has 5 nitrogen and oxygen atoms in total. The fourth-order valence-electron chi connectivity index (χ4n) is 3.05. The Balaban J connectivity index is 1.75. The highest BCUT2D eigenvalue weighted by molar-refractivity contribution is 9.10. The molecular weight excluding hydrogens is 415 g/mol. The maximum Gasteiger partial charge on any atom is 0.410 e. The van der Waals surface area contributed by atoms with Gasteiger partial charge in [0, 0.05) is 31.7 Å². The number of piperazine rings is 1. The first-order chi connectivity index (χ1) is 11.7. The van der Waals surface area contributed by atoms with Crippen molar-refractivity contribution in [2.75, 3.05) is 26.2 Å². The van der Waals surface area contributed by atoms with Gasteiger partial charge in [-0.1, -0.05) is 11.6 Å². The van der Waals surface area contributed by atoms with Gasteiger partial charge in [0.25, 0.3) is 0 Å². The number of carbonyl (C=O) groups is 1. The molecule has 2 aliphatic heterocycles. The van der Waals surface area contributed by atoms with Gasteiger partial charge in [0.2, 0.25) is 0 Å². The number of fused-ring (bicyclic) bond motifs is 2. The van der Waals surface area contributed by atoms with E-state index in [-0.39, 0.29) is 21.6 Å². The number of hydrogen-bond acceptors (Lipinski definition) is 4. The molecule has 0 saturated carbocycles. The standard InChI is InChI=1S/C17H21BrClFN2O3/c1-17(2,3)25-16(23)22-5-4-21-7-10-6-12(20)13(18)14(19)15(10)24-9-11(21)8-22/h6,11H,4-5,7-9H2,1-3H3/t11-/m1/s1. The van der Waals surface area contributed by atoms with Crippen LogP contribution < -0.4 is 4.74 Å². The molecule has 0 spiro atoms. The van der Waals surface area contributed by atoms with Crippen LogP contribution in [0.15, 0.2) is 10.5 Å². The van der Waals surface area contributed by atoms with Gasteiger partial charge in [-0.15, -0.1) is 0 Å². The third-order valence-electron chi connectivity index (χ3n) is 4.24. The van der Waals surface area contributed by atoms with Gasteiger partial charge in [-0.05, 0) is 42.8 Å². The molecule has 0 aliphatic carbocycles. The highest BCUT2D eigenvalue weighted by atomic mass is 79.9. The Morgan fingerprint density at radius 1 is 1.44 bits per heavy atom. The predicted octanol–water partition coefficient (Wildman–Crippen LogP) is 4.06. The summed E-state index contributed by atoms with van der Waals surface area (Å²) >= 11 is 9.37. The molecule has 1 saturated heterocycles. The maximum atomic E-state index is 14.0. The van der Waals surface area contributed by atoms with Gasteiger partial charge < -0.3 is 14.4 Å². The van der Waals surface area contributed by atoms with Gasteiger partial charge in [0.05, 0.1) is 10.5 Å². The zero-order valence-corrected chi connectivity index (χ0v) is 16.8. The van der Waals surface area contributed by atoms with Gasteiger partial charge in [-0.3, -0.25) is 4.90 Å². The topological polar surface area (TPSA) is 42.0 Å². The molecule has 25 heavy (non-hydrogen) atoms. The minimum atomic E-state index is -0.526. The molecule has 3 rings (SSSR count). The van der Waals surface area contributed by atoms with E-state index in [1.54, 1.807) is 4.90 Å². The summed E-state index contributed by atoms with van der Waals surface area (Å²) < 4.78 is 25.5. The first kappa shape index (κ1) is 18.7.